The first-order chi connectivity index (χ1) is 13.6. The molecule has 0 aliphatic carbocycles. The molecule has 4 N–H and O–H groups in total. The molecule has 0 heterocycles. The van der Waals surface area contributed by atoms with Crippen LogP contribution in [0, 0.1) is 0 Å². The van der Waals surface area contributed by atoms with E-state index in [4.69, 9.17) is 56.9 Å². The number of nitrogens with one attached hydrogen (secondary N) is 3. The summed E-state index contributed by atoms with van der Waals surface area (Å²) in [5.41, 5.74) is 0.965. The molecule has 1 atom stereocenters. The summed E-state index contributed by atoms with van der Waals surface area (Å²) in [6, 6.07) is 12.2. The van der Waals surface area contributed by atoms with Crippen molar-refractivity contribution in [2.45, 2.75) is 9.96 Å². The fourth-order valence-corrected chi connectivity index (χ4v) is 2.71. The average molecular weight is 477 g/mol. The fraction of sp³-hybridized carbons (Fsp3) is 0.167. The number of carboxylic acids is 1. The van der Waals surface area contributed by atoms with Crippen LogP contribution in [-0.4, -0.2) is 39.2 Å². The van der Waals surface area contributed by atoms with Crippen LogP contribution < -0.4 is 20.7 Å². The second-order valence-corrected chi connectivity index (χ2v) is 8.43. The SMILES string of the molecule is COc1ccc(C(=O)N[C@H](NC(=S)Nc2ccc(C(=O)O)cc2)C(Cl)(Cl)Cl)cc1. The van der Waals surface area contributed by atoms with E-state index >= 15 is 0 Å². The van der Waals surface area contributed by atoms with E-state index in [0.717, 1.165) is 0 Å². The molecule has 0 spiro atoms. The van der Waals surface area contributed by atoms with Crippen LogP contribution in [-0.2, 0) is 0 Å². The Kier molecular flexibility index (Phi) is 7.92. The Morgan fingerprint density at radius 1 is 1.00 bits per heavy atom. The number of alkyl halides is 3. The first-order valence-electron chi connectivity index (χ1n) is 8.02. The summed E-state index contributed by atoms with van der Waals surface area (Å²) < 4.78 is 3.13. The Balaban J connectivity index is 2.04. The van der Waals surface area contributed by atoms with Gasteiger partial charge < -0.3 is 25.8 Å². The van der Waals surface area contributed by atoms with Crippen LogP contribution in [0.2, 0.25) is 0 Å². The Bertz CT molecular complexity index is 887. The number of amides is 1. The molecule has 0 fully saturated rings. The standard InChI is InChI=1S/C18H16Cl3N3O4S/c1-28-13-8-4-10(5-9-13)14(25)23-16(18(19,20)21)24-17(29)22-12-6-2-11(3-7-12)15(26)27/h2-9,16H,1H3,(H,23,25)(H,26,27)(H2,22,24,29)/t16-/m1/s1. The van der Waals surface area contributed by atoms with Crippen molar-refractivity contribution in [2.75, 3.05) is 12.4 Å². The summed E-state index contributed by atoms with van der Waals surface area (Å²) >= 11 is 23.1. The number of hydrogen-bond donors (Lipinski definition) is 4. The van der Waals surface area contributed by atoms with Crippen molar-refractivity contribution < 1.29 is 19.4 Å². The smallest absolute Gasteiger partial charge is 0.335 e. The molecule has 0 unspecified atom stereocenters. The molecule has 7 nitrogen and oxygen atoms in total. The van der Waals surface area contributed by atoms with Crippen molar-refractivity contribution in [2.24, 2.45) is 0 Å². The van der Waals surface area contributed by atoms with Gasteiger partial charge in [-0.15, -0.1) is 0 Å². The van der Waals surface area contributed by atoms with Gasteiger partial charge in [0.15, 0.2) is 5.11 Å². The molecular weight excluding hydrogens is 461 g/mol. The number of carboxylic acid groups (broad SMARTS) is 1. The van der Waals surface area contributed by atoms with E-state index < -0.39 is 21.8 Å². The van der Waals surface area contributed by atoms with Gasteiger partial charge in [-0.25, -0.2) is 4.79 Å². The van der Waals surface area contributed by atoms with Gasteiger partial charge in [0, 0.05) is 11.3 Å². The number of carbonyl (C=O) groups is 2. The van der Waals surface area contributed by atoms with Crippen molar-refractivity contribution in [1.29, 1.82) is 0 Å². The van der Waals surface area contributed by atoms with Crippen LogP contribution in [0.15, 0.2) is 48.5 Å². The summed E-state index contributed by atoms with van der Waals surface area (Å²) in [6.45, 7) is 0. The molecule has 0 aliphatic rings. The Morgan fingerprint density at radius 2 is 1.55 bits per heavy atom. The van der Waals surface area contributed by atoms with E-state index in [1.807, 2.05) is 0 Å². The normalized spacial score (nSPS) is 11.9. The van der Waals surface area contributed by atoms with Gasteiger partial charge in [0.1, 0.15) is 11.9 Å². The quantitative estimate of drug-likeness (QED) is 0.286. The number of anilines is 1. The average Bonchev–Trinajstić information content (AvgIpc) is 2.67. The Morgan fingerprint density at radius 3 is 2.03 bits per heavy atom. The summed E-state index contributed by atoms with van der Waals surface area (Å²) in [6.07, 6.45) is -1.15. The number of rotatable bonds is 6. The molecule has 11 heteroatoms. The van der Waals surface area contributed by atoms with E-state index in [1.165, 1.54) is 31.4 Å². The molecule has 0 aliphatic heterocycles. The van der Waals surface area contributed by atoms with Crippen LogP contribution in [0.5, 0.6) is 5.75 Å². The van der Waals surface area contributed by atoms with Gasteiger partial charge in [-0.3, -0.25) is 4.79 Å². The number of carbonyl (C=O) groups excluding carboxylic acids is 1. The predicted octanol–water partition coefficient (Wildman–Crippen LogP) is 3.81. The molecular formula is C18H16Cl3N3O4S. The number of hydrogen-bond acceptors (Lipinski definition) is 4. The van der Waals surface area contributed by atoms with E-state index in [2.05, 4.69) is 16.0 Å². The number of halogens is 3. The van der Waals surface area contributed by atoms with Crippen LogP contribution in [0.1, 0.15) is 20.7 Å². The Labute approximate surface area is 187 Å². The third kappa shape index (κ3) is 6.93. The maximum absolute atomic E-state index is 12.5. The largest absolute Gasteiger partial charge is 0.497 e. The van der Waals surface area contributed by atoms with Crippen molar-refractivity contribution in [3.8, 4) is 5.75 Å². The van der Waals surface area contributed by atoms with Gasteiger partial charge in [-0.1, -0.05) is 34.8 Å². The van der Waals surface area contributed by atoms with Crippen molar-refractivity contribution in [3.05, 3.63) is 59.7 Å². The molecule has 0 radical (unpaired) electrons. The molecule has 2 rings (SSSR count). The summed E-state index contributed by atoms with van der Waals surface area (Å²) in [5, 5.41) is 17.1. The molecule has 154 valence electrons. The maximum atomic E-state index is 12.5. The van der Waals surface area contributed by atoms with E-state index in [0.29, 0.717) is 17.0 Å². The minimum absolute atomic E-state index is 0.0550. The van der Waals surface area contributed by atoms with Gasteiger partial charge in [-0.2, -0.15) is 0 Å². The zero-order chi connectivity index (χ0) is 21.6. The van der Waals surface area contributed by atoms with Crippen molar-refractivity contribution in [1.82, 2.24) is 10.6 Å². The number of thiocarbonyl (C=S) groups is 1. The van der Waals surface area contributed by atoms with Crippen molar-refractivity contribution in [3.63, 3.8) is 0 Å². The highest BCUT2D eigenvalue weighted by atomic mass is 35.6. The molecule has 2 aromatic carbocycles. The van der Waals surface area contributed by atoms with Gasteiger partial charge >= 0.3 is 5.97 Å². The van der Waals surface area contributed by atoms with Gasteiger partial charge in [-0.05, 0) is 60.7 Å². The molecule has 0 saturated heterocycles. The van der Waals surface area contributed by atoms with Crippen LogP contribution >= 0.6 is 47.0 Å². The minimum atomic E-state index is -1.92. The molecule has 2 aromatic rings. The lowest BCUT2D eigenvalue weighted by atomic mass is 10.2. The monoisotopic (exact) mass is 475 g/mol. The van der Waals surface area contributed by atoms with Gasteiger partial charge in [0.05, 0.1) is 12.7 Å². The molecule has 0 saturated carbocycles. The highest BCUT2D eigenvalue weighted by Gasteiger charge is 2.34. The summed E-state index contributed by atoms with van der Waals surface area (Å²) in [4.78, 5) is 23.4. The third-order valence-electron chi connectivity index (χ3n) is 3.62. The first kappa shape index (κ1) is 23.0. The number of methoxy groups -OCH3 is 1. The zero-order valence-electron chi connectivity index (χ0n) is 14.9. The molecule has 29 heavy (non-hydrogen) atoms. The topological polar surface area (TPSA) is 99.7 Å². The zero-order valence-corrected chi connectivity index (χ0v) is 18.0. The fourth-order valence-electron chi connectivity index (χ4n) is 2.15. The Hall–Kier alpha value is -2.26. The van der Waals surface area contributed by atoms with Gasteiger partial charge in [0.25, 0.3) is 5.91 Å². The van der Waals surface area contributed by atoms with Crippen LogP contribution in [0.4, 0.5) is 5.69 Å². The lowest BCUT2D eigenvalue weighted by molar-refractivity contribution is 0.0696. The highest BCUT2D eigenvalue weighted by molar-refractivity contribution is 7.80. The lowest BCUT2D eigenvalue weighted by Gasteiger charge is -2.27. The predicted molar refractivity (Wildman–Crippen MR) is 117 cm³/mol. The van der Waals surface area contributed by atoms with Gasteiger partial charge in [0.2, 0.25) is 3.79 Å². The van der Waals surface area contributed by atoms with E-state index in [1.54, 1.807) is 24.3 Å². The molecule has 0 aromatic heterocycles. The van der Waals surface area contributed by atoms with Crippen LogP contribution in [0.25, 0.3) is 0 Å². The molecule has 1 amide bonds. The molecule has 0 bridgehead atoms. The number of benzene rings is 2. The number of aromatic carboxylic acids is 1. The van der Waals surface area contributed by atoms with Crippen LogP contribution in [0.3, 0.4) is 0 Å². The maximum Gasteiger partial charge on any atom is 0.335 e. The van der Waals surface area contributed by atoms with Crippen molar-refractivity contribution >= 4 is 69.7 Å². The second-order valence-electron chi connectivity index (χ2n) is 5.66. The minimum Gasteiger partial charge on any atom is -0.497 e. The highest BCUT2D eigenvalue weighted by Crippen LogP contribution is 2.29. The summed E-state index contributed by atoms with van der Waals surface area (Å²) in [7, 11) is 1.51. The van der Waals surface area contributed by atoms with E-state index in [9.17, 15) is 9.59 Å². The second kappa shape index (κ2) is 9.98. The third-order valence-corrected chi connectivity index (χ3v) is 4.49. The van der Waals surface area contributed by atoms with E-state index in [-0.39, 0.29) is 10.7 Å². The lowest BCUT2D eigenvalue weighted by Crippen LogP contribution is -2.56. The number of ether oxygens (including phenoxy) is 1. The first-order valence-corrected chi connectivity index (χ1v) is 9.57. The summed E-state index contributed by atoms with van der Waals surface area (Å²) in [5.74, 6) is -0.947.